The molecule has 2 heteroatoms. The zero-order valence-electron chi connectivity index (χ0n) is 11.1. The van der Waals surface area contributed by atoms with Crippen molar-refractivity contribution in [2.45, 2.75) is 51.5 Å². The molecular formula is C15H23NO. The van der Waals surface area contributed by atoms with Crippen molar-refractivity contribution in [3.8, 4) is 5.75 Å². The molecule has 17 heavy (non-hydrogen) atoms. The highest BCUT2D eigenvalue weighted by atomic mass is 16.3. The van der Waals surface area contributed by atoms with E-state index in [0.29, 0.717) is 11.7 Å². The molecule has 0 aromatic heterocycles. The van der Waals surface area contributed by atoms with Gasteiger partial charge in [0.05, 0.1) is 0 Å². The van der Waals surface area contributed by atoms with Crippen molar-refractivity contribution in [2.24, 2.45) is 0 Å². The van der Waals surface area contributed by atoms with E-state index in [1.165, 1.54) is 24.0 Å². The molecule has 94 valence electrons. The quantitative estimate of drug-likeness (QED) is 0.822. The summed E-state index contributed by atoms with van der Waals surface area (Å²) in [5.41, 5.74) is 2.65. The molecule has 0 fully saturated rings. The molecule has 2 nitrogen and oxygen atoms in total. The van der Waals surface area contributed by atoms with Crippen LogP contribution in [0, 0.1) is 0 Å². The van der Waals surface area contributed by atoms with Crippen LogP contribution in [-0.4, -0.2) is 17.2 Å². The Balaban J connectivity index is 2.17. The third kappa shape index (κ3) is 3.01. The van der Waals surface area contributed by atoms with Gasteiger partial charge in [0.15, 0.2) is 0 Å². The van der Waals surface area contributed by atoms with Gasteiger partial charge in [-0.05, 0) is 51.7 Å². The molecule has 0 heterocycles. The maximum atomic E-state index is 10.0. The van der Waals surface area contributed by atoms with Crippen LogP contribution in [0.4, 0.5) is 0 Å². The Labute approximate surface area is 104 Å². The normalized spacial score (nSPS) is 20.1. The summed E-state index contributed by atoms with van der Waals surface area (Å²) in [5.74, 6) is 0.932. The zero-order chi connectivity index (χ0) is 12.5. The molecule has 2 N–H and O–H groups in total. The zero-order valence-corrected chi connectivity index (χ0v) is 11.1. The number of hydrogen-bond donors (Lipinski definition) is 2. The van der Waals surface area contributed by atoms with Gasteiger partial charge in [0.25, 0.3) is 0 Å². The highest BCUT2D eigenvalue weighted by Gasteiger charge is 2.24. The lowest BCUT2D eigenvalue weighted by atomic mass is 9.82. The van der Waals surface area contributed by atoms with Crippen molar-refractivity contribution in [1.29, 1.82) is 0 Å². The fourth-order valence-electron chi connectivity index (χ4n) is 2.61. The van der Waals surface area contributed by atoms with Crippen LogP contribution < -0.4 is 5.32 Å². The Hall–Kier alpha value is -1.02. The van der Waals surface area contributed by atoms with Gasteiger partial charge in [-0.15, -0.1) is 0 Å². The monoisotopic (exact) mass is 233 g/mol. The van der Waals surface area contributed by atoms with Crippen molar-refractivity contribution in [1.82, 2.24) is 5.32 Å². The molecular weight excluding hydrogens is 210 g/mol. The smallest absolute Gasteiger partial charge is 0.119 e. The molecule has 1 aliphatic carbocycles. The number of hydrogen-bond acceptors (Lipinski definition) is 2. The Bertz CT molecular complexity index is 392. The average molecular weight is 233 g/mol. The van der Waals surface area contributed by atoms with Crippen molar-refractivity contribution in [2.75, 3.05) is 6.54 Å². The number of phenols is 1. The van der Waals surface area contributed by atoms with E-state index in [4.69, 9.17) is 0 Å². The summed E-state index contributed by atoms with van der Waals surface area (Å²) >= 11 is 0. The third-order valence-corrected chi connectivity index (χ3v) is 3.46. The van der Waals surface area contributed by atoms with Crippen LogP contribution in [0.2, 0.25) is 0 Å². The minimum absolute atomic E-state index is 0.141. The van der Waals surface area contributed by atoms with Crippen molar-refractivity contribution in [3.05, 3.63) is 29.3 Å². The molecule has 1 aliphatic rings. The number of fused-ring (bicyclic) bond motifs is 1. The Kier molecular flexibility index (Phi) is 3.43. The van der Waals surface area contributed by atoms with E-state index in [9.17, 15) is 5.11 Å². The van der Waals surface area contributed by atoms with Crippen molar-refractivity contribution < 1.29 is 5.11 Å². The van der Waals surface area contributed by atoms with E-state index < -0.39 is 0 Å². The number of aromatic hydroxyl groups is 1. The van der Waals surface area contributed by atoms with Gasteiger partial charge >= 0.3 is 0 Å². The lowest BCUT2D eigenvalue weighted by Crippen LogP contribution is -2.39. The van der Waals surface area contributed by atoms with E-state index in [1.54, 1.807) is 0 Å². The summed E-state index contributed by atoms with van der Waals surface area (Å²) in [6, 6.07) is 5.92. The summed E-state index contributed by atoms with van der Waals surface area (Å²) < 4.78 is 0. The molecule has 0 amide bonds. The fraction of sp³-hybridized carbons (Fsp3) is 0.600. The van der Waals surface area contributed by atoms with Gasteiger partial charge in [0.2, 0.25) is 0 Å². The number of benzene rings is 1. The topological polar surface area (TPSA) is 32.3 Å². The van der Waals surface area contributed by atoms with E-state index in [-0.39, 0.29) is 5.54 Å². The van der Waals surface area contributed by atoms with Crippen LogP contribution in [0.25, 0.3) is 0 Å². The highest BCUT2D eigenvalue weighted by molar-refractivity contribution is 5.43. The minimum Gasteiger partial charge on any atom is -0.508 e. The van der Waals surface area contributed by atoms with Crippen LogP contribution in [0.5, 0.6) is 5.75 Å². The Morgan fingerprint density at radius 3 is 2.82 bits per heavy atom. The van der Waals surface area contributed by atoms with Crippen LogP contribution in [0.3, 0.4) is 0 Å². The number of rotatable bonds is 2. The predicted octanol–water partition coefficient (Wildman–Crippen LogP) is 3.20. The first-order valence-electron chi connectivity index (χ1n) is 6.53. The second-order valence-electron chi connectivity index (χ2n) is 6.07. The predicted molar refractivity (Wildman–Crippen MR) is 71.5 cm³/mol. The number of nitrogens with one attached hydrogen (secondary N) is 1. The van der Waals surface area contributed by atoms with Gasteiger partial charge in [-0.2, -0.15) is 0 Å². The van der Waals surface area contributed by atoms with Crippen molar-refractivity contribution in [3.63, 3.8) is 0 Å². The highest BCUT2D eigenvalue weighted by Crippen LogP contribution is 2.37. The van der Waals surface area contributed by atoms with Gasteiger partial charge < -0.3 is 10.4 Å². The van der Waals surface area contributed by atoms with Crippen molar-refractivity contribution >= 4 is 0 Å². The molecule has 1 unspecified atom stereocenters. The summed E-state index contributed by atoms with van der Waals surface area (Å²) in [7, 11) is 0. The molecule has 2 rings (SSSR count). The summed E-state index contributed by atoms with van der Waals surface area (Å²) in [6.07, 6.45) is 3.51. The fourth-order valence-corrected chi connectivity index (χ4v) is 2.61. The molecule has 1 aromatic rings. The van der Waals surface area contributed by atoms with E-state index in [2.05, 4.69) is 32.2 Å². The molecule has 0 radical (unpaired) electrons. The summed E-state index contributed by atoms with van der Waals surface area (Å²) in [6.45, 7) is 7.50. The summed E-state index contributed by atoms with van der Waals surface area (Å²) in [5, 5.41) is 13.6. The first kappa shape index (κ1) is 12.4. The van der Waals surface area contributed by atoms with E-state index in [0.717, 1.165) is 13.0 Å². The van der Waals surface area contributed by atoms with Gasteiger partial charge in [-0.1, -0.05) is 12.1 Å². The average Bonchev–Trinajstić information content (AvgIpc) is 2.25. The number of aryl methyl sites for hydroxylation is 1. The van der Waals surface area contributed by atoms with Gasteiger partial charge in [0.1, 0.15) is 5.75 Å². The van der Waals surface area contributed by atoms with Crippen LogP contribution in [0.15, 0.2) is 18.2 Å². The second-order valence-corrected chi connectivity index (χ2v) is 6.07. The Morgan fingerprint density at radius 1 is 1.35 bits per heavy atom. The second kappa shape index (κ2) is 4.69. The van der Waals surface area contributed by atoms with Crippen LogP contribution in [-0.2, 0) is 6.42 Å². The third-order valence-electron chi connectivity index (χ3n) is 3.46. The van der Waals surface area contributed by atoms with E-state index >= 15 is 0 Å². The minimum atomic E-state index is 0.141. The summed E-state index contributed by atoms with van der Waals surface area (Å²) in [4.78, 5) is 0. The number of phenolic OH excluding ortho intramolecular Hbond substituents is 1. The lowest BCUT2D eigenvalue weighted by Gasteiger charge is -2.30. The van der Waals surface area contributed by atoms with Crippen LogP contribution in [0.1, 0.15) is 50.7 Å². The maximum absolute atomic E-state index is 10.0. The first-order valence-corrected chi connectivity index (χ1v) is 6.53. The van der Waals surface area contributed by atoms with Crippen LogP contribution >= 0.6 is 0 Å². The largest absolute Gasteiger partial charge is 0.508 e. The SMILES string of the molecule is CC(C)(C)NCC1CCCc2cccc(O)c21. The lowest BCUT2D eigenvalue weighted by molar-refractivity contribution is 0.380. The Morgan fingerprint density at radius 2 is 2.12 bits per heavy atom. The molecule has 1 aromatic carbocycles. The molecule has 0 aliphatic heterocycles. The molecule has 0 saturated heterocycles. The molecule has 0 saturated carbocycles. The van der Waals surface area contributed by atoms with E-state index in [1.807, 2.05) is 12.1 Å². The molecule has 0 spiro atoms. The molecule has 0 bridgehead atoms. The first-order chi connectivity index (χ1) is 7.97. The van der Waals surface area contributed by atoms with Gasteiger partial charge in [0, 0.05) is 23.6 Å². The van der Waals surface area contributed by atoms with Gasteiger partial charge in [-0.3, -0.25) is 0 Å². The standard InChI is InChI=1S/C15H23NO/c1-15(2,3)16-10-12-8-4-6-11-7-5-9-13(17)14(11)12/h5,7,9,12,16-17H,4,6,8,10H2,1-3H3. The maximum Gasteiger partial charge on any atom is 0.119 e. The molecule has 1 atom stereocenters. The van der Waals surface area contributed by atoms with Gasteiger partial charge in [-0.25, -0.2) is 0 Å².